The highest BCUT2D eigenvalue weighted by Crippen LogP contribution is 2.52. The summed E-state index contributed by atoms with van der Waals surface area (Å²) in [7, 11) is 0. The first kappa shape index (κ1) is 15.8. The summed E-state index contributed by atoms with van der Waals surface area (Å²) in [4.78, 5) is 29.3. The minimum atomic E-state index is -0.742. The Balaban J connectivity index is 1.63. The first-order chi connectivity index (χ1) is 13.1. The number of carbonyl (C=O) groups is 2. The molecule has 3 aliphatic rings. The average Bonchev–Trinajstić information content (AvgIpc) is 3.15. The fourth-order valence-corrected chi connectivity index (χ4v) is 4.55. The highest BCUT2D eigenvalue weighted by atomic mass is 19.1. The number of carbonyl (C=O) groups excluding carboxylic acids is 2. The van der Waals surface area contributed by atoms with Crippen LogP contribution in [0.25, 0.3) is 6.08 Å². The van der Waals surface area contributed by atoms with Crippen molar-refractivity contribution >= 4 is 23.6 Å². The molecule has 3 aliphatic heterocycles. The van der Waals surface area contributed by atoms with Crippen LogP contribution in [0.1, 0.15) is 17.2 Å². The third kappa shape index (κ3) is 2.02. The van der Waals surface area contributed by atoms with E-state index < -0.39 is 29.6 Å². The lowest BCUT2D eigenvalue weighted by molar-refractivity contribution is -0.123. The third-order valence-corrected chi connectivity index (χ3v) is 5.68. The second-order valence-electron chi connectivity index (χ2n) is 6.95. The summed E-state index contributed by atoms with van der Waals surface area (Å²) < 4.78 is 13.3. The van der Waals surface area contributed by atoms with E-state index in [0.29, 0.717) is 5.69 Å². The van der Waals surface area contributed by atoms with E-state index in [1.807, 2.05) is 41.4 Å². The van der Waals surface area contributed by atoms with Gasteiger partial charge in [0.1, 0.15) is 11.9 Å². The number of imide groups is 1. The molecule has 0 aliphatic carbocycles. The SMILES string of the molecule is N#C[C@@H]1[C@@H]2C(=O)N(c3ccc(F)cc3)C(=O)[C@H]2[C@H]2c3ccccc3C=CN12. The van der Waals surface area contributed by atoms with Gasteiger partial charge in [-0.2, -0.15) is 5.26 Å². The summed E-state index contributed by atoms with van der Waals surface area (Å²) in [6.45, 7) is 0. The topological polar surface area (TPSA) is 64.4 Å². The van der Waals surface area contributed by atoms with Gasteiger partial charge in [0.25, 0.3) is 0 Å². The van der Waals surface area contributed by atoms with Gasteiger partial charge in [0, 0.05) is 6.20 Å². The molecule has 4 atom stereocenters. The van der Waals surface area contributed by atoms with E-state index in [0.717, 1.165) is 16.0 Å². The first-order valence-corrected chi connectivity index (χ1v) is 8.69. The molecule has 0 saturated carbocycles. The molecular formula is C21H14FN3O2. The predicted octanol–water partition coefficient (Wildman–Crippen LogP) is 2.86. The van der Waals surface area contributed by atoms with Gasteiger partial charge in [-0.05, 0) is 41.5 Å². The summed E-state index contributed by atoms with van der Waals surface area (Å²) in [5.74, 6) is -2.56. The molecule has 2 amide bonds. The number of amides is 2. The molecule has 3 heterocycles. The van der Waals surface area contributed by atoms with Gasteiger partial charge in [0.15, 0.2) is 0 Å². The quantitative estimate of drug-likeness (QED) is 0.735. The highest BCUT2D eigenvalue weighted by Gasteiger charge is 2.63. The second kappa shape index (κ2) is 5.52. The standard InChI is InChI=1S/C21H14FN3O2/c22-13-5-7-14(8-6-13)25-20(26)17-16(11-23)24-10-9-12-3-1-2-4-15(12)19(24)18(17)21(25)27/h1-10,16-19H/t16-,17+,18-,19-/m1/s1. The summed E-state index contributed by atoms with van der Waals surface area (Å²) >= 11 is 0. The molecule has 2 saturated heterocycles. The Kier molecular flexibility index (Phi) is 3.22. The van der Waals surface area contributed by atoms with Gasteiger partial charge >= 0.3 is 0 Å². The number of hydrogen-bond donors (Lipinski definition) is 0. The zero-order valence-electron chi connectivity index (χ0n) is 14.1. The van der Waals surface area contributed by atoms with Gasteiger partial charge in [-0.15, -0.1) is 0 Å². The van der Waals surface area contributed by atoms with Crippen LogP contribution in [-0.4, -0.2) is 22.8 Å². The molecule has 0 bridgehead atoms. The smallest absolute Gasteiger partial charge is 0.240 e. The molecule has 5 rings (SSSR count). The molecular weight excluding hydrogens is 345 g/mol. The monoisotopic (exact) mass is 359 g/mol. The third-order valence-electron chi connectivity index (χ3n) is 5.68. The van der Waals surface area contributed by atoms with Crippen molar-refractivity contribution in [1.82, 2.24) is 4.90 Å². The summed E-state index contributed by atoms with van der Waals surface area (Å²) in [5.41, 5.74) is 2.26. The van der Waals surface area contributed by atoms with E-state index in [4.69, 9.17) is 0 Å². The highest BCUT2D eigenvalue weighted by molar-refractivity contribution is 6.23. The van der Waals surface area contributed by atoms with Crippen LogP contribution >= 0.6 is 0 Å². The zero-order valence-corrected chi connectivity index (χ0v) is 14.1. The number of benzene rings is 2. The first-order valence-electron chi connectivity index (χ1n) is 8.69. The maximum atomic E-state index is 13.3. The summed E-state index contributed by atoms with van der Waals surface area (Å²) in [6.07, 6.45) is 3.71. The maximum Gasteiger partial charge on any atom is 0.240 e. The van der Waals surface area contributed by atoms with Crippen molar-refractivity contribution in [2.75, 3.05) is 4.90 Å². The van der Waals surface area contributed by atoms with Gasteiger partial charge in [0.2, 0.25) is 11.8 Å². The van der Waals surface area contributed by atoms with Gasteiger partial charge in [-0.1, -0.05) is 24.3 Å². The van der Waals surface area contributed by atoms with Crippen molar-refractivity contribution in [2.45, 2.75) is 12.1 Å². The zero-order chi connectivity index (χ0) is 18.7. The average molecular weight is 359 g/mol. The Morgan fingerprint density at radius 2 is 1.67 bits per heavy atom. The molecule has 0 radical (unpaired) electrons. The lowest BCUT2D eigenvalue weighted by atomic mass is 9.85. The van der Waals surface area contributed by atoms with Crippen LogP contribution < -0.4 is 4.90 Å². The number of nitriles is 1. The largest absolute Gasteiger partial charge is 0.353 e. The van der Waals surface area contributed by atoms with Gasteiger partial charge in [0.05, 0.1) is 29.6 Å². The Labute approximate surface area is 154 Å². The van der Waals surface area contributed by atoms with Crippen molar-refractivity contribution in [3.63, 3.8) is 0 Å². The molecule has 2 aromatic carbocycles. The summed E-state index contributed by atoms with van der Waals surface area (Å²) in [6, 6.07) is 14.1. The Bertz CT molecular complexity index is 1040. The van der Waals surface area contributed by atoms with Crippen molar-refractivity contribution in [1.29, 1.82) is 5.26 Å². The van der Waals surface area contributed by atoms with Crippen molar-refractivity contribution in [3.05, 3.63) is 71.7 Å². The fourth-order valence-electron chi connectivity index (χ4n) is 4.55. The molecule has 2 aromatic rings. The molecule has 5 nitrogen and oxygen atoms in total. The van der Waals surface area contributed by atoms with E-state index in [1.54, 1.807) is 0 Å². The van der Waals surface area contributed by atoms with Crippen molar-refractivity contribution < 1.29 is 14.0 Å². The number of rotatable bonds is 1. The van der Waals surface area contributed by atoms with Crippen LogP contribution in [0.4, 0.5) is 10.1 Å². The number of hydrogen-bond acceptors (Lipinski definition) is 4. The second-order valence-corrected chi connectivity index (χ2v) is 6.95. The number of halogens is 1. The maximum absolute atomic E-state index is 13.3. The van der Waals surface area contributed by atoms with E-state index in [1.165, 1.54) is 24.3 Å². The van der Waals surface area contributed by atoms with E-state index in [-0.39, 0.29) is 11.9 Å². The van der Waals surface area contributed by atoms with Crippen LogP contribution in [0.3, 0.4) is 0 Å². The van der Waals surface area contributed by atoms with Crippen LogP contribution in [0, 0.1) is 29.0 Å². The molecule has 2 fully saturated rings. The van der Waals surface area contributed by atoms with Gasteiger partial charge in [-0.3, -0.25) is 9.59 Å². The molecule has 0 spiro atoms. The molecule has 0 aromatic heterocycles. The van der Waals surface area contributed by atoms with E-state index >= 15 is 0 Å². The Hall–Kier alpha value is -3.46. The molecule has 27 heavy (non-hydrogen) atoms. The lowest BCUT2D eigenvalue weighted by Crippen LogP contribution is -2.40. The minimum Gasteiger partial charge on any atom is -0.353 e. The van der Waals surface area contributed by atoms with E-state index in [2.05, 4.69) is 6.07 Å². The van der Waals surface area contributed by atoms with Crippen molar-refractivity contribution in [2.24, 2.45) is 11.8 Å². The van der Waals surface area contributed by atoms with Gasteiger partial charge < -0.3 is 4.90 Å². The molecule has 132 valence electrons. The molecule has 6 heteroatoms. The summed E-state index contributed by atoms with van der Waals surface area (Å²) in [5, 5.41) is 9.74. The minimum absolute atomic E-state index is 0.337. The van der Waals surface area contributed by atoms with Crippen LogP contribution in [0.2, 0.25) is 0 Å². The fraction of sp³-hybridized carbons (Fsp3) is 0.190. The van der Waals surface area contributed by atoms with Crippen LogP contribution in [0.15, 0.2) is 54.7 Å². The van der Waals surface area contributed by atoms with Crippen LogP contribution in [-0.2, 0) is 9.59 Å². The van der Waals surface area contributed by atoms with Gasteiger partial charge in [-0.25, -0.2) is 9.29 Å². The Morgan fingerprint density at radius 1 is 0.963 bits per heavy atom. The van der Waals surface area contributed by atoms with E-state index in [9.17, 15) is 19.2 Å². The molecule has 0 unspecified atom stereocenters. The van der Waals surface area contributed by atoms with Crippen molar-refractivity contribution in [3.8, 4) is 6.07 Å². The number of fused-ring (bicyclic) bond motifs is 5. The molecule has 0 N–H and O–H groups in total. The normalized spacial score (nSPS) is 28.0. The Morgan fingerprint density at radius 3 is 2.41 bits per heavy atom. The van der Waals surface area contributed by atoms with Crippen LogP contribution in [0.5, 0.6) is 0 Å². The lowest BCUT2D eigenvalue weighted by Gasteiger charge is -2.33. The predicted molar refractivity (Wildman–Crippen MR) is 95.3 cm³/mol. The number of anilines is 1. The number of nitrogens with zero attached hydrogens (tertiary/aromatic N) is 3.